The zero-order chi connectivity index (χ0) is 21.1. The van der Waals surface area contributed by atoms with Crippen LogP contribution in [0.25, 0.3) is 0 Å². The van der Waals surface area contributed by atoms with Crippen LogP contribution < -0.4 is 10.6 Å². The molecule has 0 radical (unpaired) electrons. The van der Waals surface area contributed by atoms with Crippen molar-refractivity contribution in [1.29, 1.82) is 0 Å². The highest BCUT2D eigenvalue weighted by Gasteiger charge is 2.36. The second kappa shape index (κ2) is 8.07. The van der Waals surface area contributed by atoms with Crippen molar-refractivity contribution < 1.29 is 19.4 Å². The second-order valence-corrected chi connectivity index (χ2v) is 6.38. The van der Waals surface area contributed by atoms with Crippen molar-refractivity contribution in [1.82, 2.24) is 10.6 Å². The first-order valence-electron chi connectivity index (χ1n) is 8.62. The number of nitrogens with zero attached hydrogens (tertiary/aromatic N) is 2. The number of esters is 1. The lowest BCUT2D eigenvalue weighted by Crippen LogP contribution is -2.44. The molecule has 10 heteroatoms. The zero-order valence-electron chi connectivity index (χ0n) is 15.6. The lowest BCUT2D eigenvalue weighted by molar-refractivity contribution is -0.385. The van der Waals surface area contributed by atoms with Crippen LogP contribution in [0.5, 0.6) is 0 Å². The minimum absolute atomic E-state index is 0.0891. The van der Waals surface area contributed by atoms with E-state index in [4.69, 9.17) is 4.74 Å². The Bertz CT molecular complexity index is 1020. The van der Waals surface area contributed by atoms with Crippen LogP contribution in [0.1, 0.15) is 30.3 Å². The number of nitro benzene ring substituents is 2. The summed E-state index contributed by atoms with van der Waals surface area (Å²) in [5, 5.41) is 28.9. The second-order valence-electron chi connectivity index (χ2n) is 6.38. The standard InChI is InChI=1S/C19H18N4O6/c1-11-16(19(24)29-2)17(14-8-3-4-9-15(14)23(27)28)21-18(20-11)12-6-5-7-13(10-12)22(25)26/h3-10,17-18,20-21H,1-2H3/t17-,18+/m1/s1. The van der Waals surface area contributed by atoms with Crippen LogP contribution in [0.3, 0.4) is 0 Å². The summed E-state index contributed by atoms with van der Waals surface area (Å²) in [6.07, 6.45) is -0.617. The molecule has 2 N–H and O–H groups in total. The molecule has 29 heavy (non-hydrogen) atoms. The number of nitrogens with one attached hydrogen (secondary N) is 2. The summed E-state index contributed by atoms with van der Waals surface area (Å²) in [7, 11) is 1.23. The van der Waals surface area contributed by atoms with Crippen molar-refractivity contribution in [3.63, 3.8) is 0 Å². The number of allylic oxidation sites excluding steroid dienone is 1. The highest BCUT2D eigenvalue weighted by Crippen LogP contribution is 2.36. The van der Waals surface area contributed by atoms with Gasteiger partial charge in [-0.2, -0.15) is 0 Å². The summed E-state index contributed by atoms with van der Waals surface area (Å²) < 4.78 is 4.87. The molecule has 1 aliphatic heterocycles. The van der Waals surface area contributed by atoms with E-state index in [2.05, 4.69) is 10.6 Å². The van der Waals surface area contributed by atoms with Crippen LogP contribution >= 0.6 is 0 Å². The minimum Gasteiger partial charge on any atom is -0.466 e. The first-order chi connectivity index (χ1) is 13.8. The molecule has 0 fully saturated rings. The van der Waals surface area contributed by atoms with Gasteiger partial charge in [0, 0.05) is 23.9 Å². The predicted octanol–water partition coefficient (Wildman–Crippen LogP) is 2.88. The van der Waals surface area contributed by atoms with Crippen LogP contribution in [0.2, 0.25) is 0 Å². The van der Waals surface area contributed by atoms with E-state index in [9.17, 15) is 25.0 Å². The monoisotopic (exact) mass is 398 g/mol. The van der Waals surface area contributed by atoms with Gasteiger partial charge in [-0.1, -0.05) is 30.3 Å². The normalized spacial score (nSPS) is 18.7. The number of para-hydroxylation sites is 1. The molecule has 0 aliphatic carbocycles. The largest absolute Gasteiger partial charge is 0.466 e. The van der Waals surface area contributed by atoms with Crippen molar-refractivity contribution >= 4 is 17.3 Å². The number of nitro groups is 2. The van der Waals surface area contributed by atoms with E-state index in [1.807, 2.05) is 0 Å². The Morgan fingerprint density at radius 2 is 1.79 bits per heavy atom. The molecule has 2 aromatic carbocycles. The Morgan fingerprint density at radius 1 is 1.07 bits per heavy atom. The van der Waals surface area contributed by atoms with Crippen molar-refractivity contribution in [3.8, 4) is 0 Å². The molecule has 3 rings (SSSR count). The van der Waals surface area contributed by atoms with Gasteiger partial charge in [0.25, 0.3) is 11.4 Å². The van der Waals surface area contributed by atoms with Gasteiger partial charge in [0.05, 0.1) is 34.1 Å². The number of hydrogen-bond donors (Lipinski definition) is 2. The molecule has 0 bridgehead atoms. The Balaban J connectivity index is 2.11. The molecular weight excluding hydrogens is 380 g/mol. The number of carbonyl (C=O) groups excluding carboxylic acids is 1. The molecule has 1 heterocycles. The maximum atomic E-state index is 12.4. The number of carbonyl (C=O) groups is 1. The number of non-ortho nitro benzene ring substituents is 1. The van der Waals surface area contributed by atoms with Gasteiger partial charge in [-0.15, -0.1) is 0 Å². The Morgan fingerprint density at radius 3 is 2.45 bits per heavy atom. The molecule has 0 aromatic heterocycles. The summed E-state index contributed by atoms with van der Waals surface area (Å²) in [6.45, 7) is 1.65. The fourth-order valence-electron chi connectivity index (χ4n) is 3.32. The third-order valence-corrected chi connectivity index (χ3v) is 4.65. The van der Waals surface area contributed by atoms with Gasteiger partial charge in [-0.3, -0.25) is 25.5 Å². The van der Waals surface area contributed by atoms with Gasteiger partial charge in [0.2, 0.25) is 0 Å². The van der Waals surface area contributed by atoms with Crippen LogP contribution in [0.15, 0.2) is 59.8 Å². The third-order valence-electron chi connectivity index (χ3n) is 4.65. The lowest BCUT2D eigenvalue weighted by atomic mass is 9.92. The van der Waals surface area contributed by atoms with Crippen molar-refractivity contribution in [2.75, 3.05) is 7.11 Å². The van der Waals surface area contributed by atoms with Gasteiger partial charge in [0.15, 0.2) is 0 Å². The minimum atomic E-state index is -0.852. The van der Waals surface area contributed by atoms with Gasteiger partial charge in [-0.05, 0) is 12.5 Å². The van der Waals surface area contributed by atoms with Gasteiger partial charge in [-0.25, -0.2) is 4.79 Å². The van der Waals surface area contributed by atoms with Crippen molar-refractivity contribution in [2.24, 2.45) is 0 Å². The molecule has 2 aromatic rings. The molecular formula is C19H18N4O6. The first-order valence-corrected chi connectivity index (χ1v) is 8.62. The van der Waals surface area contributed by atoms with Crippen LogP contribution in [0.4, 0.5) is 11.4 Å². The van der Waals surface area contributed by atoms with E-state index in [0.29, 0.717) is 11.3 Å². The highest BCUT2D eigenvalue weighted by molar-refractivity contribution is 5.91. The maximum Gasteiger partial charge on any atom is 0.337 e. The topological polar surface area (TPSA) is 137 Å². The fraction of sp³-hybridized carbons (Fsp3) is 0.211. The third kappa shape index (κ3) is 3.92. The molecule has 0 amide bonds. The molecule has 1 aliphatic rings. The average molecular weight is 398 g/mol. The van der Waals surface area contributed by atoms with E-state index in [-0.39, 0.29) is 22.5 Å². The molecule has 150 valence electrons. The number of rotatable bonds is 5. The van der Waals surface area contributed by atoms with E-state index in [1.54, 1.807) is 31.2 Å². The highest BCUT2D eigenvalue weighted by atomic mass is 16.6. The summed E-state index contributed by atoms with van der Waals surface area (Å²) in [5.74, 6) is -0.636. The van der Waals surface area contributed by atoms with E-state index < -0.39 is 28.0 Å². The SMILES string of the molecule is COC(=O)C1=C(C)N[C@H](c2cccc([N+](=O)[O-])c2)N[C@@H]1c1ccccc1[N+](=O)[O-]. The van der Waals surface area contributed by atoms with Gasteiger partial charge < -0.3 is 10.1 Å². The number of benzene rings is 2. The maximum absolute atomic E-state index is 12.4. The molecule has 0 saturated heterocycles. The number of methoxy groups -OCH3 is 1. The quantitative estimate of drug-likeness (QED) is 0.446. The zero-order valence-corrected chi connectivity index (χ0v) is 15.6. The van der Waals surface area contributed by atoms with Crippen molar-refractivity contribution in [3.05, 3.63) is 91.2 Å². The smallest absolute Gasteiger partial charge is 0.337 e. The van der Waals surface area contributed by atoms with Crippen LogP contribution in [0, 0.1) is 20.2 Å². The lowest BCUT2D eigenvalue weighted by Gasteiger charge is -2.35. The summed E-state index contributed by atoms with van der Waals surface area (Å²) in [6, 6.07) is 11.2. The van der Waals surface area contributed by atoms with E-state index >= 15 is 0 Å². The van der Waals surface area contributed by atoms with Crippen molar-refractivity contribution in [2.45, 2.75) is 19.1 Å². The molecule has 0 unspecified atom stereocenters. The van der Waals surface area contributed by atoms with Crippen LogP contribution in [-0.4, -0.2) is 22.9 Å². The Hall–Kier alpha value is -3.79. The summed E-state index contributed by atoms with van der Waals surface area (Å²) in [4.78, 5) is 34.0. The fourth-order valence-corrected chi connectivity index (χ4v) is 3.32. The Kier molecular flexibility index (Phi) is 5.55. The predicted molar refractivity (Wildman–Crippen MR) is 103 cm³/mol. The molecule has 10 nitrogen and oxygen atoms in total. The van der Waals surface area contributed by atoms with Gasteiger partial charge in [0.1, 0.15) is 6.17 Å². The summed E-state index contributed by atoms with van der Waals surface area (Å²) in [5.41, 5.74) is 1.24. The first kappa shape index (κ1) is 20.0. The van der Waals surface area contributed by atoms with Gasteiger partial charge >= 0.3 is 5.97 Å². The van der Waals surface area contributed by atoms with Crippen LogP contribution in [-0.2, 0) is 9.53 Å². The summed E-state index contributed by atoms with van der Waals surface area (Å²) >= 11 is 0. The molecule has 2 atom stereocenters. The molecule has 0 spiro atoms. The number of ether oxygens (including phenoxy) is 1. The van der Waals surface area contributed by atoms with E-state index in [1.165, 1.54) is 31.4 Å². The average Bonchev–Trinajstić information content (AvgIpc) is 2.72. The van der Waals surface area contributed by atoms with E-state index in [0.717, 1.165) is 0 Å². The Labute approximate surface area is 165 Å². The number of hydrogen-bond acceptors (Lipinski definition) is 8. The molecule has 0 saturated carbocycles.